The van der Waals surface area contributed by atoms with Crippen LogP contribution in [0.2, 0.25) is 0 Å². The Hall–Kier alpha value is -1.55. The number of fused-ring (bicyclic) bond motifs is 1. The van der Waals surface area contributed by atoms with E-state index in [0.29, 0.717) is 6.04 Å². The summed E-state index contributed by atoms with van der Waals surface area (Å²) in [6.45, 7) is 2.98. The summed E-state index contributed by atoms with van der Waals surface area (Å²) in [5.41, 5.74) is 3.83. The number of hydrogen-bond acceptors (Lipinski definition) is 3. The van der Waals surface area contributed by atoms with Crippen LogP contribution in [-0.4, -0.2) is 9.78 Å². The van der Waals surface area contributed by atoms with Crippen molar-refractivity contribution in [2.24, 2.45) is 7.05 Å². The highest BCUT2D eigenvalue weighted by Crippen LogP contribution is 2.30. The maximum absolute atomic E-state index is 5.51. The lowest BCUT2D eigenvalue weighted by Gasteiger charge is -2.22. The predicted molar refractivity (Wildman–Crippen MR) is 69.2 cm³/mol. The summed E-state index contributed by atoms with van der Waals surface area (Å²) in [5.74, 6) is 1.15. The van der Waals surface area contributed by atoms with Crippen molar-refractivity contribution in [3.05, 3.63) is 41.1 Å². The summed E-state index contributed by atoms with van der Waals surface area (Å²) < 4.78 is 7.43. The molecule has 0 amide bonds. The minimum Gasteiger partial charge on any atom is -0.469 e. The van der Waals surface area contributed by atoms with Gasteiger partial charge in [0.25, 0.3) is 0 Å². The Morgan fingerprint density at radius 3 is 3.22 bits per heavy atom. The second-order valence-electron chi connectivity index (χ2n) is 5.00. The molecule has 1 atom stereocenters. The third kappa shape index (κ3) is 1.97. The summed E-state index contributed by atoms with van der Waals surface area (Å²) in [6.07, 6.45) is 7.21. The first-order valence-corrected chi connectivity index (χ1v) is 6.53. The van der Waals surface area contributed by atoms with Crippen molar-refractivity contribution in [1.82, 2.24) is 15.1 Å². The van der Waals surface area contributed by atoms with E-state index in [9.17, 15) is 0 Å². The third-order valence-corrected chi connectivity index (χ3v) is 3.93. The fraction of sp³-hybridized carbons (Fsp3) is 0.500. The zero-order valence-corrected chi connectivity index (χ0v) is 10.9. The Morgan fingerprint density at radius 2 is 2.44 bits per heavy atom. The molecule has 0 radical (unpaired) electrons. The summed E-state index contributed by atoms with van der Waals surface area (Å²) in [7, 11) is 1.98. The Bertz CT molecular complexity index is 541. The zero-order chi connectivity index (χ0) is 12.5. The quantitative estimate of drug-likeness (QED) is 0.903. The van der Waals surface area contributed by atoms with E-state index in [-0.39, 0.29) is 0 Å². The number of rotatable bonds is 3. The molecule has 1 N–H and O–H groups in total. The van der Waals surface area contributed by atoms with E-state index < -0.39 is 0 Å². The van der Waals surface area contributed by atoms with Gasteiger partial charge in [-0.05, 0) is 25.8 Å². The smallest absolute Gasteiger partial charge is 0.108 e. The van der Waals surface area contributed by atoms with Crippen LogP contribution >= 0.6 is 0 Å². The molecule has 1 unspecified atom stereocenters. The lowest BCUT2D eigenvalue weighted by molar-refractivity contribution is 0.410. The normalized spacial score (nSPS) is 18.9. The number of nitrogens with one attached hydrogen (secondary N) is 1. The fourth-order valence-corrected chi connectivity index (χ4v) is 2.65. The minimum atomic E-state index is 0.423. The average Bonchev–Trinajstić information content (AvgIpc) is 2.97. The predicted octanol–water partition coefficient (Wildman–Crippen LogP) is 2.49. The Kier molecular flexibility index (Phi) is 2.96. The highest BCUT2D eigenvalue weighted by Gasteiger charge is 2.22. The van der Waals surface area contributed by atoms with E-state index in [2.05, 4.69) is 23.4 Å². The van der Waals surface area contributed by atoms with Crippen LogP contribution in [0.25, 0.3) is 0 Å². The second-order valence-corrected chi connectivity index (χ2v) is 5.00. The molecule has 4 nitrogen and oxygen atoms in total. The lowest BCUT2D eigenvalue weighted by Crippen LogP contribution is -2.24. The highest BCUT2D eigenvalue weighted by molar-refractivity contribution is 5.24. The maximum Gasteiger partial charge on any atom is 0.108 e. The second kappa shape index (κ2) is 4.61. The van der Waals surface area contributed by atoms with Crippen molar-refractivity contribution in [1.29, 1.82) is 0 Å². The molecule has 2 aromatic rings. The zero-order valence-electron chi connectivity index (χ0n) is 10.9. The van der Waals surface area contributed by atoms with E-state index >= 15 is 0 Å². The van der Waals surface area contributed by atoms with E-state index in [1.165, 1.54) is 29.7 Å². The first-order chi connectivity index (χ1) is 8.75. The molecule has 18 heavy (non-hydrogen) atoms. The highest BCUT2D eigenvalue weighted by atomic mass is 16.3. The van der Waals surface area contributed by atoms with Crippen LogP contribution in [0.5, 0.6) is 0 Å². The molecular weight excluding hydrogens is 226 g/mol. The Morgan fingerprint density at radius 1 is 1.56 bits per heavy atom. The maximum atomic E-state index is 5.51. The van der Waals surface area contributed by atoms with Gasteiger partial charge in [-0.15, -0.1) is 0 Å². The van der Waals surface area contributed by atoms with Crippen LogP contribution in [-0.2, 0) is 20.0 Å². The van der Waals surface area contributed by atoms with Crippen LogP contribution in [0.1, 0.15) is 41.5 Å². The first-order valence-electron chi connectivity index (χ1n) is 6.53. The number of nitrogens with zero attached hydrogens (tertiary/aromatic N) is 2. The molecule has 0 spiro atoms. The van der Waals surface area contributed by atoms with Crippen LogP contribution in [0.4, 0.5) is 0 Å². The van der Waals surface area contributed by atoms with Gasteiger partial charge in [0.05, 0.1) is 12.5 Å². The van der Waals surface area contributed by atoms with Gasteiger partial charge in [-0.3, -0.25) is 4.68 Å². The van der Waals surface area contributed by atoms with E-state index in [1.54, 1.807) is 6.26 Å². The van der Waals surface area contributed by atoms with Crippen LogP contribution in [0.15, 0.2) is 22.9 Å². The molecule has 0 aliphatic heterocycles. The van der Waals surface area contributed by atoms with E-state index in [1.807, 2.05) is 17.9 Å². The Labute approximate surface area is 107 Å². The molecule has 96 valence electrons. The van der Waals surface area contributed by atoms with Gasteiger partial charge < -0.3 is 9.73 Å². The molecule has 3 rings (SSSR count). The van der Waals surface area contributed by atoms with Gasteiger partial charge in [0, 0.05) is 42.9 Å². The molecule has 2 heterocycles. The molecule has 0 saturated carbocycles. The summed E-state index contributed by atoms with van der Waals surface area (Å²) in [5, 5.41) is 7.89. The lowest BCUT2D eigenvalue weighted by atomic mass is 9.93. The van der Waals surface area contributed by atoms with Crippen LogP contribution in [0, 0.1) is 6.92 Å². The SMILES string of the molecule is Cc1c(CNC2CCCc3occc32)cnn1C. The number of furan rings is 1. The number of hydrogen-bond donors (Lipinski definition) is 1. The summed E-state index contributed by atoms with van der Waals surface area (Å²) in [6, 6.07) is 2.52. The molecule has 2 aromatic heterocycles. The summed E-state index contributed by atoms with van der Waals surface area (Å²) >= 11 is 0. The van der Waals surface area contributed by atoms with Gasteiger partial charge in [0.2, 0.25) is 0 Å². The van der Waals surface area contributed by atoms with Crippen molar-refractivity contribution in [2.75, 3.05) is 0 Å². The van der Waals surface area contributed by atoms with Gasteiger partial charge in [0.15, 0.2) is 0 Å². The van der Waals surface area contributed by atoms with Crippen molar-refractivity contribution in [3.63, 3.8) is 0 Å². The van der Waals surface area contributed by atoms with Crippen LogP contribution in [0.3, 0.4) is 0 Å². The van der Waals surface area contributed by atoms with Gasteiger partial charge in [-0.1, -0.05) is 0 Å². The molecule has 0 bridgehead atoms. The van der Waals surface area contributed by atoms with Crippen molar-refractivity contribution >= 4 is 0 Å². The van der Waals surface area contributed by atoms with Gasteiger partial charge in [0.1, 0.15) is 5.76 Å². The topological polar surface area (TPSA) is 43.0 Å². The van der Waals surface area contributed by atoms with Crippen molar-refractivity contribution in [3.8, 4) is 0 Å². The molecule has 4 heteroatoms. The van der Waals surface area contributed by atoms with E-state index in [4.69, 9.17) is 4.42 Å². The average molecular weight is 245 g/mol. The van der Waals surface area contributed by atoms with E-state index in [0.717, 1.165) is 18.7 Å². The van der Waals surface area contributed by atoms with Crippen molar-refractivity contribution < 1.29 is 4.42 Å². The number of aryl methyl sites for hydroxylation is 2. The fourth-order valence-electron chi connectivity index (χ4n) is 2.65. The largest absolute Gasteiger partial charge is 0.469 e. The monoisotopic (exact) mass is 245 g/mol. The minimum absolute atomic E-state index is 0.423. The standard InChI is InChI=1S/C14H19N3O/c1-10-11(9-16-17(10)2)8-15-13-4-3-5-14-12(13)6-7-18-14/h6-7,9,13,15H,3-5,8H2,1-2H3. The molecule has 0 aromatic carbocycles. The first kappa shape index (κ1) is 11.5. The van der Waals surface area contributed by atoms with Gasteiger partial charge in [-0.25, -0.2) is 0 Å². The summed E-state index contributed by atoms with van der Waals surface area (Å²) in [4.78, 5) is 0. The molecule has 0 fully saturated rings. The molecule has 1 aliphatic rings. The van der Waals surface area contributed by atoms with Crippen LogP contribution < -0.4 is 5.32 Å². The van der Waals surface area contributed by atoms with Crippen molar-refractivity contribution in [2.45, 2.75) is 38.8 Å². The third-order valence-electron chi connectivity index (χ3n) is 3.93. The molecule has 0 saturated heterocycles. The molecule has 1 aliphatic carbocycles. The molecular formula is C14H19N3O. The van der Waals surface area contributed by atoms with Gasteiger partial charge in [-0.2, -0.15) is 5.10 Å². The Balaban J connectivity index is 1.70. The number of aromatic nitrogens is 2. The van der Waals surface area contributed by atoms with Gasteiger partial charge >= 0.3 is 0 Å².